The van der Waals surface area contributed by atoms with Crippen LogP contribution in [0.5, 0.6) is 0 Å². The van der Waals surface area contributed by atoms with Crippen molar-refractivity contribution in [3.63, 3.8) is 0 Å². The number of hydrogen-bond acceptors (Lipinski definition) is 2. The largest absolute Gasteiger partial charge is 0.376 e. The van der Waals surface area contributed by atoms with Crippen molar-refractivity contribution >= 4 is 23.2 Å². The molecule has 9 heavy (non-hydrogen) atoms. The maximum absolute atomic E-state index is 10.8. The van der Waals surface area contributed by atoms with E-state index in [2.05, 4.69) is 12.2 Å². The first-order valence-corrected chi connectivity index (χ1v) is 3.22. The number of hydrogen-bond donors (Lipinski definition) is 1. The third-order valence-corrected chi connectivity index (χ3v) is 1.56. The Morgan fingerprint density at radius 1 is 1.78 bits per heavy atom. The molecule has 0 aromatic heterocycles. The number of nitrogens with zero attached hydrogens (tertiary/aromatic N) is 1. The molecule has 2 N–H and O–H groups in total. The highest BCUT2D eigenvalue weighted by Crippen LogP contribution is 2.07. The molecule has 1 aliphatic heterocycles. The molecule has 0 saturated carbocycles. The summed E-state index contributed by atoms with van der Waals surface area (Å²) in [6.45, 7) is 0.703. The van der Waals surface area contributed by atoms with Gasteiger partial charge in [-0.2, -0.15) is 0 Å². The Bertz CT molecular complexity index is 157. The van der Waals surface area contributed by atoms with Crippen molar-refractivity contribution in [2.45, 2.75) is 12.8 Å². The van der Waals surface area contributed by atoms with Crippen molar-refractivity contribution in [2.24, 2.45) is 5.73 Å². The molecule has 3 nitrogen and oxygen atoms in total. The summed E-state index contributed by atoms with van der Waals surface area (Å²) in [5.74, 6) is 0.0579. The lowest BCUT2D eigenvalue weighted by molar-refractivity contribution is -0.124. The number of thiocarbonyl (C=S) groups is 1. The van der Waals surface area contributed by atoms with Gasteiger partial charge in [0.1, 0.15) is 0 Å². The van der Waals surface area contributed by atoms with E-state index in [0.29, 0.717) is 13.0 Å². The summed E-state index contributed by atoms with van der Waals surface area (Å²) in [6.07, 6.45) is 1.48. The number of nitrogens with two attached hydrogens (primary N) is 1. The van der Waals surface area contributed by atoms with Gasteiger partial charge in [-0.05, 0) is 18.6 Å². The van der Waals surface area contributed by atoms with Gasteiger partial charge in [0.25, 0.3) is 0 Å². The van der Waals surface area contributed by atoms with E-state index in [9.17, 15) is 4.79 Å². The van der Waals surface area contributed by atoms with Crippen LogP contribution in [0.15, 0.2) is 0 Å². The van der Waals surface area contributed by atoms with Crippen molar-refractivity contribution in [3.8, 4) is 0 Å². The zero-order chi connectivity index (χ0) is 6.85. The second-order valence-electron chi connectivity index (χ2n) is 1.99. The van der Waals surface area contributed by atoms with Crippen LogP contribution in [0.1, 0.15) is 12.8 Å². The second kappa shape index (κ2) is 2.31. The normalized spacial score (nSPS) is 18.7. The van der Waals surface area contributed by atoms with Crippen LogP contribution in [-0.2, 0) is 4.79 Å². The third-order valence-electron chi connectivity index (χ3n) is 1.34. The lowest BCUT2D eigenvalue weighted by atomic mass is 10.4. The van der Waals surface area contributed by atoms with E-state index in [-0.39, 0.29) is 11.0 Å². The number of carbonyl (C=O) groups is 1. The molecule has 0 aliphatic carbocycles. The molecular formula is C5H8N2OS. The number of rotatable bonds is 0. The zero-order valence-corrected chi connectivity index (χ0v) is 5.78. The molecule has 1 saturated heterocycles. The molecule has 1 heterocycles. The fraction of sp³-hybridized carbons (Fsp3) is 0.600. The highest BCUT2D eigenvalue weighted by molar-refractivity contribution is 7.80. The van der Waals surface area contributed by atoms with E-state index in [0.717, 1.165) is 6.42 Å². The zero-order valence-electron chi connectivity index (χ0n) is 4.96. The Hall–Kier alpha value is -0.640. The third kappa shape index (κ3) is 1.18. The molecule has 0 atom stereocenters. The minimum atomic E-state index is 0.0579. The average molecular weight is 144 g/mol. The molecule has 0 unspecified atom stereocenters. The van der Waals surface area contributed by atoms with Crippen LogP contribution in [0.25, 0.3) is 0 Å². The molecule has 0 bridgehead atoms. The van der Waals surface area contributed by atoms with Gasteiger partial charge in [-0.3, -0.25) is 9.69 Å². The van der Waals surface area contributed by atoms with Gasteiger partial charge in [0, 0.05) is 13.0 Å². The van der Waals surface area contributed by atoms with Crippen molar-refractivity contribution in [1.29, 1.82) is 0 Å². The minimum absolute atomic E-state index is 0.0579. The first-order chi connectivity index (χ1) is 4.22. The molecule has 1 fully saturated rings. The summed E-state index contributed by atoms with van der Waals surface area (Å²) in [5, 5.41) is 0.206. The molecule has 0 spiro atoms. The van der Waals surface area contributed by atoms with Gasteiger partial charge in [0.15, 0.2) is 5.11 Å². The Balaban J connectivity index is 2.60. The lowest BCUT2D eigenvalue weighted by Gasteiger charge is -2.10. The highest BCUT2D eigenvalue weighted by atomic mass is 32.1. The number of likely N-dealkylation sites (tertiary alicyclic amines) is 1. The van der Waals surface area contributed by atoms with Gasteiger partial charge in [-0.1, -0.05) is 0 Å². The van der Waals surface area contributed by atoms with Crippen LogP contribution < -0.4 is 5.73 Å². The first kappa shape index (κ1) is 6.48. The Labute approximate surface area is 58.8 Å². The van der Waals surface area contributed by atoms with Crippen molar-refractivity contribution < 1.29 is 4.79 Å². The fourth-order valence-electron chi connectivity index (χ4n) is 0.881. The number of amides is 1. The highest BCUT2D eigenvalue weighted by Gasteiger charge is 2.21. The maximum atomic E-state index is 10.8. The van der Waals surface area contributed by atoms with Gasteiger partial charge >= 0.3 is 0 Å². The fourth-order valence-corrected chi connectivity index (χ4v) is 1.07. The molecule has 4 heteroatoms. The van der Waals surface area contributed by atoms with Crippen LogP contribution in [0.4, 0.5) is 0 Å². The van der Waals surface area contributed by atoms with Crippen LogP contribution in [0.3, 0.4) is 0 Å². The molecule has 0 aromatic carbocycles. The summed E-state index contributed by atoms with van der Waals surface area (Å²) in [4.78, 5) is 12.2. The molecule has 0 radical (unpaired) electrons. The number of carbonyl (C=O) groups excluding carboxylic acids is 1. The first-order valence-electron chi connectivity index (χ1n) is 2.81. The van der Waals surface area contributed by atoms with Crippen LogP contribution >= 0.6 is 12.2 Å². The van der Waals surface area contributed by atoms with Crippen molar-refractivity contribution in [3.05, 3.63) is 0 Å². The van der Waals surface area contributed by atoms with E-state index in [1.165, 1.54) is 4.90 Å². The SMILES string of the molecule is NC(=S)N1CCCC1=O. The van der Waals surface area contributed by atoms with Crippen LogP contribution in [0, 0.1) is 0 Å². The lowest BCUT2D eigenvalue weighted by Crippen LogP contribution is -2.35. The van der Waals surface area contributed by atoms with E-state index >= 15 is 0 Å². The molecule has 1 rings (SSSR count). The second-order valence-corrected chi connectivity index (χ2v) is 2.41. The maximum Gasteiger partial charge on any atom is 0.228 e. The molecule has 50 valence electrons. The van der Waals surface area contributed by atoms with Crippen molar-refractivity contribution in [1.82, 2.24) is 4.90 Å². The van der Waals surface area contributed by atoms with Crippen LogP contribution in [-0.4, -0.2) is 22.5 Å². The van der Waals surface area contributed by atoms with Gasteiger partial charge in [-0.15, -0.1) is 0 Å². The Morgan fingerprint density at radius 2 is 2.44 bits per heavy atom. The monoisotopic (exact) mass is 144 g/mol. The molecule has 1 aliphatic rings. The van der Waals surface area contributed by atoms with Crippen molar-refractivity contribution in [2.75, 3.05) is 6.54 Å². The summed E-state index contributed by atoms with van der Waals surface area (Å²) < 4.78 is 0. The summed E-state index contributed by atoms with van der Waals surface area (Å²) in [5.41, 5.74) is 5.22. The standard InChI is InChI=1S/C5H8N2OS/c6-5(9)7-3-1-2-4(7)8/h1-3H2,(H2,6,9). The topological polar surface area (TPSA) is 46.3 Å². The van der Waals surface area contributed by atoms with Gasteiger partial charge in [-0.25, -0.2) is 0 Å². The van der Waals surface area contributed by atoms with E-state index in [1.54, 1.807) is 0 Å². The molecule has 1 amide bonds. The predicted octanol–water partition coefficient (Wildman–Crippen LogP) is -0.148. The minimum Gasteiger partial charge on any atom is -0.376 e. The predicted molar refractivity (Wildman–Crippen MR) is 37.7 cm³/mol. The Kier molecular flexibility index (Phi) is 1.66. The smallest absolute Gasteiger partial charge is 0.228 e. The van der Waals surface area contributed by atoms with Gasteiger partial charge in [0.2, 0.25) is 5.91 Å². The molecular weight excluding hydrogens is 136 g/mol. The summed E-state index contributed by atoms with van der Waals surface area (Å²) in [7, 11) is 0. The average Bonchev–Trinajstić information content (AvgIpc) is 2.13. The van der Waals surface area contributed by atoms with E-state index in [4.69, 9.17) is 5.73 Å². The summed E-state index contributed by atoms with van der Waals surface area (Å²) in [6, 6.07) is 0. The van der Waals surface area contributed by atoms with E-state index in [1.807, 2.05) is 0 Å². The summed E-state index contributed by atoms with van der Waals surface area (Å²) >= 11 is 4.62. The van der Waals surface area contributed by atoms with E-state index < -0.39 is 0 Å². The van der Waals surface area contributed by atoms with Gasteiger partial charge < -0.3 is 5.73 Å². The Morgan fingerprint density at radius 3 is 2.67 bits per heavy atom. The van der Waals surface area contributed by atoms with Crippen LogP contribution in [0.2, 0.25) is 0 Å². The van der Waals surface area contributed by atoms with Gasteiger partial charge in [0.05, 0.1) is 0 Å². The molecule has 0 aromatic rings. The quantitative estimate of drug-likeness (QED) is 0.481.